The van der Waals surface area contributed by atoms with Gasteiger partial charge in [-0.1, -0.05) is 13.8 Å². The number of hydrogen-bond donors (Lipinski definition) is 1. The third-order valence-corrected chi connectivity index (χ3v) is 3.42. The van der Waals surface area contributed by atoms with Gasteiger partial charge in [0.2, 0.25) is 0 Å². The van der Waals surface area contributed by atoms with Gasteiger partial charge in [-0.3, -0.25) is 4.90 Å². The number of nitrogens with zero attached hydrogens (tertiary/aromatic N) is 1. The highest BCUT2D eigenvalue weighted by Gasteiger charge is 2.28. The molecule has 3 unspecified atom stereocenters. The van der Waals surface area contributed by atoms with Crippen LogP contribution in [0.4, 0.5) is 0 Å². The third-order valence-electron chi connectivity index (χ3n) is 3.42. The first-order chi connectivity index (χ1) is 7.70. The van der Waals surface area contributed by atoms with Crippen molar-refractivity contribution in [2.45, 2.75) is 38.8 Å². The Balaban J connectivity index is 2.09. The highest BCUT2D eigenvalue weighted by Crippen LogP contribution is 2.28. The van der Waals surface area contributed by atoms with E-state index in [0.29, 0.717) is 18.0 Å². The molecule has 1 fully saturated rings. The van der Waals surface area contributed by atoms with Gasteiger partial charge >= 0.3 is 0 Å². The number of likely N-dealkylation sites (tertiary alicyclic amines) is 1. The van der Waals surface area contributed by atoms with E-state index >= 15 is 0 Å². The van der Waals surface area contributed by atoms with Crippen LogP contribution in [-0.2, 0) is 0 Å². The molecule has 2 N–H and O–H groups in total. The fraction of sp³-hybridized carbons (Fsp3) is 0.692. The van der Waals surface area contributed by atoms with E-state index in [1.54, 1.807) is 6.26 Å². The minimum absolute atomic E-state index is 0.313. The average Bonchev–Trinajstić information content (AvgIpc) is 2.70. The van der Waals surface area contributed by atoms with E-state index in [1.165, 1.54) is 0 Å². The van der Waals surface area contributed by atoms with Crippen LogP contribution in [0.25, 0.3) is 0 Å². The van der Waals surface area contributed by atoms with Crippen molar-refractivity contribution in [3.63, 3.8) is 0 Å². The summed E-state index contributed by atoms with van der Waals surface area (Å²) >= 11 is 0. The van der Waals surface area contributed by atoms with Crippen molar-refractivity contribution in [2.24, 2.45) is 11.7 Å². The Morgan fingerprint density at radius 1 is 1.56 bits per heavy atom. The summed E-state index contributed by atoms with van der Waals surface area (Å²) in [4.78, 5) is 2.47. The number of rotatable bonds is 3. The smallest absolute Gasteiger partial charge is 0.120 e. The Kier molecular flexibility index (Phi) is 3.66. The number of nitrogens with two attached hydrogens (primary N) is 1. The molecule has 3 nitrogen and oxygen atoms in total. The number of hydrogen-bond acceptors (Lipinski definition) is 3. The van der Waals surface area contributed by atoms with Gasteiger partial charge in [0.25, 0.3) is 0 Å². The van der Waals surface area contributed by atoms with E-state index in [4.69, 9.17) is 10.2 Å². The molecule has 1 aliphatic heterocycles. The number of furan rings is 1. The van der Waals surface area contributed by atoms with E-state index in [2.05, 4.69) is 24.8 Å². The Morgan fingerprint density at radius 3 is 2.94 bits per heavy atom. The average molecular weight is 222 g/mol. The molecule has 0 saturated carbocycles. The molecule has 0 aliphatic carbocycles. The summed E-state index contributed by atoms with van der Waals surface area (Å²) in [5, 5.41) is 0. The molecule has 1 saturated heterocycles. The zero-order valence-corrected chi connectivity index (χ0v) is 10.2. The molecule has 2 heterocycles. The van der Waals surface area contributed by atoms with Gasteiger partial charge in [-0.15, -0.1) is 0 Å². The first-order valence-electron chi connectivity index (χ1n) is 6.23. The van der Waals surface area contributed by atoms with Gasteiger partial charge in [-0.2, -0.15) is 0 Å². The van der Waals surface area contributed by atoms with Crippen molar-refractivity contribution in [1.82, 2.24) is 4.90 Å². The van der Waals surface area contributed by atoms with Crippen molar-refractivity contribution in [3.8, 4) is 0 Å². The van der Waals surface area contributed by atoms with Gasteiger partial charge in [0.1, 0.15) is 5.76 Å². The summed E-state index contributed by atoms with van der Waals surface area (Å²) in [5.74, 6) is 1.76. The fourth-order valence-corrected chi connectivity index (χ4v) is 2.82. The van der Waals surface area contributed by atoms with Gasteiger partial charge in [0.05, 0.1) is 12.3 Å². The quantitative estimate of drug-likeness (QED) is 0.854. The Morgan fingerprint density at radius 2 is 2.38 bits per heavy atom. The van der Waals surface area contributed by atoms with Crippen LogP contribution >= 0.6 is 0 Å². The maximum absolute atomic E-state index is 6.09. The van der Waals surface area contributed by atoms with E-state index in [0.717, 1.165) is 31.7 Å². The Bertz CT molecular complexity index is 300. The van der Waals surface area contributed by atoms with Crippen molar-refractivity contribution in [3.05, 3.63) is 24.2 Å². The Labute approximate surface area is 97.6 Å². The van der Waals surface area contributed by atoms with Crippen molar-refractivity contribution >= 4 is 0 Å². The summed E-state index contributed by atoms with van der Waals surface area (Å²) < 4.78 is 5.53. The van der Waals surface area contributed by atoms with Crippen LogP contribution in [-0.4, -0.2) is 24.0 Å². The summed E-state index contributed by atoms with van der Waals surface area (Å²) in [6.07, 6.45) is 3.98. The SMILES string of the molecule is CCC(c1ccco1)N1CC(C)CC(N)C1. The van der Waals surface area contributed by atoms with Gasteiger partial charge in [0.15, 0.2) is 0 Å². The molecule has 0 radical (unpaired) electrons. The topological polar surface area (TPSA) is 42.4 Å². The van der Waals surface area contributed by atoms with Crippen LogP contribution in [0.3, 0.4) is 0 Å². The summed E-state index contributed by atoms with van der Waals surface area (Å²) in [6.45, 7) is 6.61. The maximum Gasteiger partial charge on any atom is 0.120 e. The molecule has 2 rings (SSSR count). The van der Waals surface area contributed by atoms with Gasteiger partial charge in [-0.05, 0) is 30.9 Å². The second-order valence-electron chi connectivity index (χ2n) is 4.99. The maximum atomic E-state index is 6.09. The molecule has 0 aromatic carbocycles. The number of piperidine rings is 1. The fourth-order valence-electron chi connectivity index (χ4n) is 2.82. The summed E-state index contributed by atoms with van der Waals surface area (Å²) in [6, 6.07) is 4.74. The van der Waals surface area contributed by atoms with Crippen LogP contribution < -0.4 is 5.73 Å². The zero-order chi connectivity index (χ0) is 11.5. The van der Waals surface area contributed by atoms with Gasteiger partial charge in [-0.25, -0.2) is 0 Å². The van der Waals surface area contributed by atoms with Crippen molar-refractivity contribution in [2.75, 3.05) is 13.1 Å². The second kappa shape index (κ2) is 5.02. The lowest BCUT2D eigenvalue weighted by Gasteiger charge is -2.38. The summed E-state index contributed by atoms with van der Waals surface area (Å²) in [5.41, 5.74) is 6.09. The predicted octanol–water partition coefficient (Wildman–Crippen LogP) is 2.40. The predicted molar refractivity (Wildman–Crippen MR) is 65.1 cm³/mol. The lowest BCUT2D eigenvalue weighted by atomic mass is 9.94. The van der Waals surface area contributed by atoms with E-state index in [1.807, 2.05) is 6.07 Å². The first kappa shape index (κ1) is 11.7. The minimum Gasteiger partial charge on any atom is -0.468 e. The van der Waals surface area contributed by atoms with Crippen LogP contribution in [0.2, 0.25) is 0 Å². The normalized spacial score (nSPS) is 29.2. The molecule has 3 atom stereocenters. The van der Waals surface area contributed by atoms with Crippen LogP contribution in [0.1, 0.15) is 38.5 Å². The molecule has 1 aromatic rings. The largest absolute Gasteiger partial charge is 0.468 e. The molecular weight excluding hydrogens is 200 g/mol. The zero-order valence-electron chi connectivity index (χ0n) is 10.2. The molecule has 0 bridgehead atoms. The monoisotopic (exact) mass is 222 g/mol. The van der Waals surface area contributed by atoms with Crippen molar-refractivity contribution < 1.29 is 4.42 Å². The van der Waals surface area contributed by atoms with Crippen LogP contribution in [0.15, 0.2) is 22.8 Å². The van der Waals surface area contributed by atoms with Gasteiger partial charge in [0, 0.05) is 19.1 Å². The highest BCUT2D eigenvalue weighted by atomic mass is 16.3. The first-order valence-corrected chi connectivity index (χ1v) is 6.23. The van der Waals surface area contributed by atoms with E-state index in [-0.39, 0.29) is 0 Å². The molecule has 16 heavy (non-hydrogen) atoms. The van der Waals surface area contributed by atoms with Crippen LogP contribution in [0, 0.1) is 5.92 Å². The molecule has 1 aromatic heterocycles. The van der Waals surface area contributed by atoms with Gasteiger partial charge < -0.3 is 10.2 Å². The molecule has 0 spiro atoms. The third kappa shape index (κ3) is 2.47. The highest BCUT2D eigenvalue weighted by molar-refractivity contribution is 5.05. The van der Waals surface area contributed by atoms with E-state index < -0.39 is 0 Å². The molecular formula is C13H22N2O. The molecule has 3 heteroatoms. The van der Waals surface area contributed by atoms with Crippen molar-refractivity contribution in [1.29, 1.82) is 0 Å². The minimum atomic E-state index is 0.313. The second-order valence-corrected chi connectivity index (χ2v) is 4.99. The Hall–Kier alpha value is -0.800. The molecule has 0 amide bonds. The van der Waals surface area contributed by atoms with Crippen LogP contribution in [0.5, 0.6) is 0 Å². The lowest BCUT2D eigenvalue weighted by Crippen LogP contribution is -2.47. The lowest BCUT2D eigenvalue weighted by molar-refractivity contribution is 0.0999. The standard InChI is InChI=1S/C13H22N2O/c1-3-12(13-5-4-6-16-13)15-8-10(2)7-11(14)9-15/h4-6,10-12H,3,7-9,14H2,1-2H3. The molecule has 1 aliphatic rings. The summed E-state index contributed by atoms with van der Waals surface area (Å²) in [7, 11) is 0. The molecule has 90 valence electrons. The van der Waals surface area contributed by atoms with E-state index in [9.17, 15) is 0 Å².